The molecule has 0 bridgehead atoms. The molecule has 274 valence electrons. The summed E-state index contributed by atoms with van der Waals surface area (Å²) >= 11 is 0. The van der Waals surface area contributed by atoms with Crippen molar-refractivity contribution >= 4 is 50.8 Å². The van der Waals surface area contributed by atoms with Gasteiger partial charge in [-0.25, -0.2) is 9.97 Å². The summed E-state index contributed by atoms with van der Waals surface area (Å²) in [6.45, 7) is 4.63. The molecule has 0 saturated carbocycles. The summed E-state index contributed by atoms with van der Waals surface area (Å²) < 4.78 is 108. The minimum atomic E-state index is -5.77. The number of aromatic nitrogens is 3. The fourth-order valence-corrected chi connectivity index (χ4v) is 5.43. The van der Waals surface area contributed by atoms with Gasteiger partial charge in [0.25, 0.3) is 5.91 Å². The number of H-pyrrole nitrogens is 1. The molecule has 1 aliphatic rings. The Morgan fingerprint density at radius 3 is 2.06 bits per heavy atom. The van der Waals surface area contributed by atoms with Gasteiger partial charge in [-0.15, -0.1) is 0 Å². The van der Waals surface area contributed by atoms with Crippen LogP contribution in [0.3, 0.4) is 0 Å². The first-order valence-corrected chi connectivity index (χ1v) is 15.2. The van der Waals surface area contributed by atoms with Crippen LogP contribution in [-0.2, 0) is 15.8 Å². The Balaban J connectivity index is 0.000000376. The van der Waals surface area contributed by atoms with E-state index in [0.717, 1.165) is 63.8 Å². The summed E-state index contributed by atoms with van der Waals surface area (Å²) in [5.74, 6) is -7.41. The highest BCUT2D eigenvalue weighted by atomic mass is 19.4. The van der Waals surface area contributed by atoms with Crippen LogP contribution in [0.15, 0.2) is 67.1 Å². The van der Waals surface area contributed by atoms with E-state index in [1.54, 1.807) is 12.3 Å². The first kappa shape index (κ1) is 37.7. The third-order valence-corrected chi connectivity index (χ3v) is 8.18. The van der Waals surface area contributed by atoms with Gasteiger partial charge in [0.15, 0.2) is 0 Å². The van der Waals surface area contributed by atoms with Crippen molar-refractivity contribution in [1.29, 1.82) is 0 Å². The lowest BCUT2D eigenvalue weighted by Crippen LogP contribution is -2.44. The number of hydrogen-bond donors (Lipinski definition) is 2. The van der Waals surface area contributed by atoms with Crippen molar-refractivity contribution < 1.29 is 53.9 Å². The molecule has 2 N–H and O–H groups in total. The summed E-state index contributed by atoms with van der Waals surface area (Å²) in [5.41, 5.74) is 4.48. The van der Waals surface area contributed by atoms with Crippen LogP contribution < -0.4 is 10.2 Å². The lowest BCUT2D eigenvalue weighted by molar-refractivity contribution is -0.193. The second kappa shape index (κ2) is 14.2. The van der Waals surface area contributed by atoms with E-state index in [2.05, 4.69) is 25.2 Å². The molecular formula is C34H27F9N6O3. The number of likely N-dealkylation sites (N-methyl/N-ethyl adjacent to an activating group) is 1. The summed E-state index contributed by atoms with van der Waals surface area (Å²) in [6.07, 6.45) is -12.8. The fourth-order valence-electron chi connectivity index (χ4n) is 5.43. The minimum absolute atomic E-state index is 0.0357. The molecule has 9 nitrogen and oxygen atoms in total. The van der Waals surface area contributed by atoms with Crippen molar-refractivity contribution in [2.75, 3.05) is 43.4 Å². The average molecular weight is 739 g/mol. The van der Waals surface area contributed by atoms with Crippen molar-refractivity contribution in [2.45, 2.75) is 25.5 Å². The van der Waals surface area contributed by atoms with Gasteiger partial charge in [0.2, 0.25) is 0 Å². The fraction of sp³-hybridized carbons (Fsp3) is 0.265. The van der Waals surface area contributed by atoms with E-state index in [1.165, 1.54) is 12.4 Å². The van der Waals surface area contributed by atoms with Crippen LogP contribution in [0.2, 0.25) is 0 Å². The van der Waals surface area contributed by atoms with Crippen LogP contribution in [0, 0.1) is 6.92 Å². The minimum Gasteiger partial charge on any atom is -0.369 e. The number of halogens is 9. The van der Waals surface area contributed by atoms with Gasteiger partial charge in [-0.3, -0.25) is 14.4 Å². The number of ketones is 2. The van der Waals surface area contributed by atoms with Gasteiger partial charge in [-0.05, 0) is 67.1 Å². The molecule has 1 amide bonds. The molecule has 0 radical (unpaired) electrons. The SMILES string of the molecule is Cc1ccc(NC(=O)c2cc(N3CCN(C)CC3)cc(C(F)(F)F)c2)cc1-c1ccc2c(c1)[nH]c1ncncc12.O=C(C(=O)C(F)(F)F)C(F)(F)F. The zero-order valence-electron chi connectivity index (χ0n) is 27.1. The van der Waals surface area contributed by atoms with Crippen molar-refractivity contribution in [2.24, 2.45) is 0 Å². The molecule has 52 heavy (non-hydrogen) atoms. The van der Waals surface area contributed by atoms with Crippen LogP contribution in [0.5, 0.6) is 0 Å². The van der Waals surface area contributed by atoms with Crippen molar-refractivity contribution in [3.63, 3.8) is 0 Å². The summed E-state index contributed by atoms with van der Waals surface area (Å²) in [4.78, 5) is 48.2. The van der Waals surface area contributed by atoms with Crippen molar-refractivity contribution in [3.05, 3.63) is 83.8 Å². The quantitative estimate of drug-likeness (QED) is 0.143. The van der Waals surface area contributed by atoms with Crippen LogP contribution in [-0.4, -0.2) is 82.9 Å². The van der Waals surface area contributed by atoms with Crippen LogP contribution in [0.1, 0.15) is 21.5 Å². The van der Waals surface area contributed by atoms with E-state index in [1.807, 2.05) is 49.2 Å². The zero-order valence-corrected chi connectivity index (χ0v) is 27.1. The van der Waals surface area contributed by atoms with E-state index >= 15 is 0 Å². The number of nitrogens with one attached hydrogen (secondary N) is 2. The highest BCUT2D eigenvalue weighted by Gasteiger charge is 2.54. The van der Waals surface area contributed by atoms with Gasteiger partial charge in [0, 0.05) is 65.6 Å². The molecule has 0 aliphatic carbocycles. The number of alkyl halides is 9. The molecule has 0 atom stereocenters. The first-order chi connectivity index (χ1) is 24.2. The number of rotatable bonds is 5. The van der Waals surface area contributed by atoms with E-state index in [-0.39, 0.29) is 5.56 Å². The monoisotopic (exact) mass is 738 g/mol. The lowest BCUT2D eigenvalue weighted by Gasteiger charge is -2.34. The predicted octanol–water partition coefficient (Wildman–Crippen LogP) is 7.36. The molecule has 2 aromatic heterocycles. The Bertz CT molecular complexity index is 2130. The second-order valence-corrected chi connectivity index (χ2v) is 11.9. The number of Topliss-reactive ketones (excluding diaryl/α,β-unsaturated/α-hetero) is 2. The van der Waals surface area contributed by atoms with Crippen LogP contribution in [0.4, 0.5) is 50.9 Å². The molecule has 18 heteroatoms. The number of benzene rings is 3. The number of carbonyl (C=O) groups is 3. The highest BCUT2D eigenvalue weighted by molar-refractivity contribution is 6.41. The van der Waals surface area contributed by atoms with E-state index in [0.29, 0.717) is 24.5 Å². The van der Waals surface area contributed by atoms with Crippen molar-refractivity contribution in [3.8, 4) is 11.1 Å². The second-order valence-electron chi connectivity index (χ2n) is 11.9. The smallest absolute Gasteiger partial charge is 0.369 e. The molecule has 3 aromatic carbocycles. The summed E-state index contributed by atoms with van der Waals surface area (Å²) in [5, 5.41) is 4.74. The zero-order chi connectivity index (χ0) is 38.2. The molecule has 1 aliphatic heterocycles. The first-order valence-electron chi connectivity index (χ1n) is 15.2. The number of hydrogen-bond acceptors (Lipinski definition) is 7. The standard InChI is InChI=1S/C30H27F3N6O.C4F6O2/c1-18-3-5-22(15-25(18)19-4-6-24-26-16-34-17-35-28(26)37-27(24)13-19)36-29(40)20-11-21(30(31,32)33)14-23(12-20)39-9-7-38(2)8-10-39;5-3(6,7)1(11)2(12)4(8,9)10/h3-6,11-17H,7-10H2,1-2H3,(H,36,40)(H,34,35,37);. The third kappa shape index (κ3) is 8.50. The maximum atomic E-state index is 13.8. The molecule has 1 fully saturated rings. The third-order valence-electron chi connectivity index (χ3n) is 8.18. The topological polar surface area (TPSA) is 111 Å². The number of aromatic amines is 1. The van der Waals surface area contributed by atoms with Crippen LogP contribution >= 0.6 is 0 Å². The van der Waals surface area contributed by atoms with Gasteiger partial charge < -0.3 is 20.1 Å². The van der Waals surface area contributed by atoms with E-state index in [4.69, 9.17) is 0 Å². The van der Waals surface area contributed by atoms with Crippen molar-refractivity contribution in [1.82, 2.24) is 19.9 Å². The Labute approximate surface area is 288 Å². The maximum Gasteiger partial charge on any atom is 0.458 e. The molecule has 0 spiro atoms. The van der Waals surface area contributed by atoms with Crippen LogP contribution in [0.25, 0.3) is 33.1 Å². The molecule has 3 heterocycles. The molecule has 1 saturated heterocycles. The maximum absolute atomic E-state index is 13.8. The number of piperazine rings is 1. The highest BCUT2D eigenvalue weighted by Crippen LogP contribution is 2.35. The normalized spacial score (nSPS) is 14.2. The number of anilines is 2. The van der Waals surface area contributed by atoms with E-state index in [9.17, 15) is 53.9 Å². The predicted molar refractivity (Wildman–Crippen MR) is 173 cm³/mol. The summed E-state index contributed by atoms with van der Waals surface area (Å²) in [6, 6.07) is 15.1. The van der Waals surface area contributed by atoms with E-state index < -0.39 is 41.6 Å². The Kier molecular flexibility index (Phi) is 10.3. The van der Waals surface area contributed by atoms with Gasteiger partial charge in [-0.2, -0.15) is 39.5 Å². The van der Waals surface area contributed by atoms with Gasteiger partial charge in [-0.1, -0.05) is 18.2 Å². The number of aryl methyl sites for hydroxylation is 1. The molecule has 6 rings (SSSR count). The Morgan fingerprint density at radius 2 is 1.44 bits per heavy atom. The number of carbonyl (C=O) groups excluding carboxylic acids is 3. The molecule has 0 unspecified atom stereocenters. The van der Waals surface area contributed by atoms with Gasteiger partial charge >= 0.3 is 30.1 Å². The largest absolute Gasteiger partial charge is 0.458 e. The van der Waals surface area contributed by atoms with Gasteiger partial charge in [0.1, 0.15) is 12.0 Å². The number of fused-ring (bicyclic) bond motifs is 3. The Hall–Kier alpha value is -5.52. The molecule has 5 aromatic rings. The summed E-state index contributed by atoms with van der Waals surface area (Å²) in [7, 11) is 1.98. The number of amides is 1. The molecular weight excluding hydrogens is 711 g/mol. The average Bonchev–Trinajstić information content (AvgIpc) is 3.45. The lowest BCUT2D eigenvalue weighted by atomic mass is 9.98. The Morgan fingerprint density at radius 1 is 0.788 bits per heavy atom. The van der Waals surface area contributed by atoms with Gasteiger partial charge in [0.05, 0.1) is 5.56 Å². The number of nitrogens with zero attached hydrogens (tertiary/aromatic N) is 4.